The third kappa shape index (κ3) is 3.97. The highest BCUT2D eigenvalue weighted by Gasteiger charge is 2.30. The number of nitrogens with one attached hydrogen (secondary N) is 2. The van der Waals surface area contributed by atoms with Crippen molar-refractivity contribution in [2.24, 2.45) is 0 Å². The lowest BCUT2D eigenvalue weighted by Crippen LogP contribution is -2.33. The van der Waals surface area contributed by atoms with Crippen LogP contribution in [0.1, 0.15) is 30.3 Å². The van der Waals surface area contributed by atoms with Crippen LogP contribution >= 0.6 is 0 Å². The number of nitrogens with zero attached hydrogens (tertiary/aromatic N) is 2. The number of carbonyl (C=O) groups is 1. The number of anilines is 1. The summed E-state index contributed by atoms with van der Waals surface area (Å²) in [6.45, 7) is 3.15. The Balaban J connectivity index is 1.44. The first kappa shape index (κ1) is 18.4. The fourth-order valence-electron chi connectivity index (χ4n) is 3.67. The maximum atomic E-state index is 14.0. The molecule has 0 unspecified atom stereocenters. The van der Waals surface area contributed by atoms with Crippen molar-refractivity contribution in [2.75, 3.05) is 18.4 Å². The lowest BCUT2D eigenvalue weighted by atomic mass is 10.1. The van der Waals surface area contributed by atoms with E-state index in [-0.39, 0.29) is 17.8 Å². The number of H-pyrrole nitrogens is 1. The summed E-state index contributed by atoms with van der Waals surface area (Å²) >= 11 is 0. The SMILES string of the molecule is Cc1ccc(NC(=O)CN2CCC[C@@H]2c2ncc(-c3ccccc3F)[nH]2)cc1. The molecule has 6 heteroatoms. The van der Waals surface area contributed by atoms with Crippen molar-refractivity contribution in [1.82, 2.24) is 14.9 Å². The summed E-state index contributed by atoms with van der Waals surface area (Å²) in [5, 5.41) is 2.95. The zero-order valence-corrected chi connectivity index (χ0v) is 15.8. The number of amides is 1. The number of aryl methyl sites for hydroxylation is 1. The predicted octanol–water partition coefficient (Wildman–Crippen LogP) is 4.30. The molecule has 1 aliphatic rings. The van der Waals surface area contributed by atoms with Crippen LogP contribution in [0, 0.1) is 12.7 Å². The summed E-state index contributed by atoms with van der Waals surface area (Å²) in [5.41, 5.74) is 3.11. The van der Waals surface area contributed by atoms with Crippen LogP contribution in [0.15, 0.2) is 54.7 Å². The Morgan fingerprint density at radius 1 is 1.25 bits per heavy atom. The van der Waals surface area contributed by atoms with Gasteiger partial charge in [-0.1, -0.05) is 29.8 Å². The molecule has 2 aromatic carbocycles. The van der Waals surface area contributed by atoms with Gasteiger partial charge in [-0.3, -0.25) is 9.69 Å². The summed E-state index contributed by atoms with van der Waals surface area (Å²) in [6.07, 6.45) is 3.58. The Morgan fingerprint density at radius 2 is 2.04 bits per heavy atom. The highest BCUT2D eigenvalue weighted by atomic mass is 19.1. The molecule has 1 amide bonds. The Morgan fingerprint density at radius 3 is 2.82 bits per heavy atom. The Hall–Kier alpha value is -2.99. The lowest BCUT2D eigenvalue weighted by molar-refractivity contribution is -0.117. The minimum atomic E-state index is -0.279. The molecular weight excluding hydrogens is 355 g/mol. The van der Waals surface area contributed by atoms with E-state index in [9.17, 15) is 9.18 Å². The Kier molecular flexibility index (Phi) is 5.21. The van der Waals surface area contributed by atoms with Gasteiger partial charge in [0.05, 0.1) is 24.5 Å². The summed E-state index contributed by atoms with van der Waals surface area (Å²) in [7, 11) is 0. The number of hydrogen-bond acceptors (Lipinski definition) is 3. The van der Waals surface area contributed by atoms with Crippen molar-refractivity contribution < 1.29 is 9.18 Å². The van der Waals surface area contributed by atoms with Crippen molar-refractivity contribution in [3.63, 3.8) is 0 Å². The molecule has 4 rings (SSSR count). The zero-order chi connectivity index (χ0) is 19.5. The van der Waals surface area contributed by atoms with Gasteiger partial charge in [-0.05, 0) is 50.6 Å². The van der Waals surface area contributed by atoms with Crippen LogP contribution in [0.2, 0.25) is 0 Å². The third-order valence-corrected chi connectivity index (χ3v) is 5.12. The molecule has 144 valence electrons. The van der Waals surface area contributed by atoms with Gasteiger partial charge in [0.15, 0.2) is 0 Å². The number of hydrogen-bond donors (Lipinski definition) is 2. The Bertz CT molecular complexity index is 967. The first-order valence-corrected chi connectivity index (χ1v) is 9.50. The molecule has 3 aromatic rings. The van der Waals surface area contributed by atoms with Gasteiger partial charge in [0.25, 0.3) is 0 Å². The van der Waals surface area contributed by atoms with Crippen molar-refractivity contribution in [3.8, 4) is 11.3 Å². The van der Waals surface area contributed by atoms with Gasteiger partial charge in [0.1, 0.15) is 11.6 Å². The van der Waals surface area contributed by atoms with E-state index >= 15 is 0 Å². The second-order valence-corrected chi connectivity index (χ2v) is 7.20. The van der Waals surface area contributed by atoms with Crippen LogP contribution in [0.4, 0.5) is 10.1 Å². The molecule has 1 atom stereocenters. The lowest BCUT2D eigenvalue weighted by Gasteiger charge is -2.22. The molecule has 0 saturated carbocycles. The highest BCUT2D eigenvalue weighted by molar-refractivity contribution is 5.92. The van der Waals surface area contributed by atoms with Crippen LogP contribution in [0.3, 0.4) is 0 Å². The van der Waals surface area contributed by atoms with Crippen molar-refractivity contribution in [2.45, 2.75) is 25.8 Å². The molecule has 1 saturated heterocycles. The van der Waals surface area contributed by atoms with Crippen LogP contribution in [0.5, 0.6) is 0 Å². The smallest absolute Gasteiger partial charge is 0.238 e. The molecule has 2 N–H and O–H groups in total. The molecule has 1 aliphatic heterocycles. The summed E-state index contributed by atoms with van der Waals surface area (Å²) in [6, 6.07) is 14.4. The van der Waals surface area contributed by atoms with E-state index in [1.807, 2.05) is 31.2 Å². The van der Waals surface area contributed by atoms with E-state index in [2.05, 4.69) is 20.2 Å². The quantitative estimate of drug-likeness (QED) is 0.696. The monoisotopic (exact) mass is 378 g/mol. The maximum absolute atomic E-state index is 14.0. The molecule has 0 aliphatic carbocycles. The number of halogens is 1. The number of aromatic nitrogens is 2. The van der Waals surface area contributed by atoms with Crippen LogP contribution in [0.25, 0.3) is 11.3 Å². The summed E-state index contributed by atoms with van der Waals surface area (Å²) in [4.78, 5) is 22.3. The third-order valence-electron chi connectivity index (χ3n) is 5.12. The van der Waals surface area contributed by atoms with Crippen LogP contribution in [-0.4, -0.2) is 33.9 Å². The first-order valence-electron chi connectivity index (χ1n) is 9.50. The van der Waals surface area contributed by atoms with Gasteiger partial charge in [-0.15, -0.1) is 0 Å². The predicted molar refractivity (Wildman–Crippen MR) is 107 cm³/mol. The minimum Gasteiger partial charge on any atom is -0.341 e. The van der Waals surface area contributed by atoms with E-state index in [1.165, 1.54) is 6.07 Å². The fraction of sp³-hybridized carbons (Fsp3) is 0.273. The largest absolute Gasteiger partial charge is 0.341 e. The second kappa shape index (κ2) is 7.94. The van der Waals surface area contributed by atoms with Gasteiger partial charge in [0.2, 0.25) is 5.91 Å². The van der Waals surface area contributed by atoms with Gasteiger partial charge < -0.3 is 10.3 Å². The standard InChI is InChI=1S/C22H23FN4O/c1-15-8-10-16(11-9-15)25-21(28)14-27-12-4-7-20(27)22-24-13-19(26-22)17-5-2-3-6-18(17)23/h2-3,5-6,8-11,13,20H,4,7,12,14H2,1H3,(H,24,26)(H,25,28)/t20-/m1/s1. The molecule has 1 aromatic heterocycles. The molecule has 5 nitrogen and oxygen atoms in total. The van der Waals surface area contributed by atoms with E-state index in [0.717, 1.165) is 36.5 Å². The molecule has 2 heterocycles. The van der Waals surface area contributed by atoms with Gasteiger partial charge in [0, 0.05) is 11.3 Å². The van der Waals surface area contributed by atoms with Crippen LogP contribution < -0.4 is 5.32 Å². The maximum Gasteiger partial charge on any atom is 0.238 e. The molecule has 0 radical (unpaired) electrons. The molecule has 0 bridgehead atoms. The van der Waals surface area contributed by atoms with Crippen molar-refractivity contribution in [3.05, 3.63) is 71.9 Å². The van der Waals surface area contributed by atoms with Gasteiger partial charge >= 0.3 is 0 Å². The van der Waals surface area contributed by atoms with E-state index in [1.54, 1.807) is 24.4 Å². The van der Waals surface area contributed by atoms with E-state index < -0.39 is 0 Å². The minimum absolute atomic E-state index is 0.0318. The van der Waals surface area contributed by atoms with E-state index in [4.69, 9.17) is 0 Å². The number of imidazole rings is 1. The average molecular weight is 378 g/mol. The molecular formula is C22H23FN4O. The highest BCUT2D eigenvalue weighted by Crippen LogP contribution is 2.31. The van der Waals surface area contributed by atoms with Crippen molar-refractivity contribution in [1.29, 1.82) is 0 Å². The molecule has 28 heavy (non-hydrogen) atoms. The number of aromatic amines is 1. The first-order chi connectivity index (χ1) is 13.6. The summed E-state index contributed by atoms with van der Waals surface area (Å²) in [5.74, 6) is 0.453. The fourth-order valence-corrected chi connectivity index (χ4v) is 3.67. The average Bonchev–Trinajstić information content (AvgIpc) is 3.33. The zero-order valence-electron chi connectivity index (χ0n) is 15.8. The summed E-state index contributed by atoms with van der Waals surface area (Å²) < 4.78 is 14.0. The number of rotatable bonds is 5. The van der Waals surface area contributed by atoms with Gasteiger partial charge in [-0.2, -0.15) is 0 Å². The number of carbonyl (C=O) groups excluding carboxylic acids is 1. The Labute approximate surface area is 163 Å². The normalized spacial score (nSPS) is 17.0. The number of likely N-dealkylation sites (tertiary alicyclic amines) is 1. The second-order valence-electron chi connectivity index (χ2n) is 7.20. The number of benzene rings is 2. The van der Waals surface area contributed by atoms with Crippen LogP contribution in [-0.2, 0) is 4.79 Å². The van der Waals surface area contributed by atoms with Gasteiger partial charge in [-0.25, -0.2) is 9.37 Å². The molecule has 1 fully saturated rings. The topological polar surface area (TPSA) is 61.0 Å². The van der Waals surface area contributed by atoms with E-state index in [0.29, 0.717) is 17.8 Å². The van der Waals surface area contributed by atoms with Crippen molar-refractivity contribution >= 4 is 11.6 Å². The molecule has 0 spiro atoms.